The van der Waals surface area contributed by atoms with Crippen LogP contribution in [0.5, 0.6) is 0 Å². The molecule has 2 heterocycles. The van der Waals surface area contributed by atoms with Crippen molar-refractivity contribution < 1.29 is 4.42 Å². The molecule has 0 N–H and O–H groups in total. The van der Waals surface area contributed by atoms with E-state index in [2.05, 4.69) is 64.4 Å². The van der Waals surface area contributed by atoms with E-state index < -0.39 is 0 Å². The normalized spacial score (nSPS) is 14.5. The number of furan rings is 1. The van der Waals surface area contributed by atoms with E-state index in [-0.39, 0.29) is 6.17 Å². The highest BCUT2D eigenvalue weighted by atomic mass is 35.5. The van der Waals surface area contributed by atoms with E-state index in [1.807, 2.05) is 42.5 Å². The molecule has 0 spiro atoms. The summed E-state index contributed by atoms with van der Waals surface area (Å²) >= 11 is 6.18. The monoisotopic (exact) mass is 400 g/mol. The fourth-order valence-corrected chi connectivity index (χ4v) is 4.19. The quantitative estimate of drug-likeness (QED) is 0.383. The fraction of sp³-hybridized carbons (Fsp3) is 0.120. The lowest BCUT2D eigenvalue weighted by atomic mass is 10.2. The molecule has 3 aromatic carbocycles. The van der Waals surface area contributed by atoms with Gasteiger partial charge < -0.3 is 14.2 Å². The molecule has 0 radical (unpaired) electrons. The highest BCUT2D eigenvalue weighted by molar-refractivity contribution is 6.30. The molecule has 0 bridgehead atoms. The van der Waals surface area contributed by atoms with Crippen LogP contribution < -0.4 is 9.80 Å². The van der Waals surface area contributed by atoms with Gasteiger partial charge >= 0.3 is 0 Å². The van der Waals surface area contributed by atoms with E-state index in [9.17, 15) is 0 Å². The van der Waals surface area contributed by atoms with Gasteiger partial charge in [-0.15, -0.1) is 0 Å². The van der Waals surface area contributed by atoms with E-state index in [1.54, 1.807) is 0 Å². The number of hydrogen-bond donors (Lipinski definition) is 0. The lowest BCUT2D eigenvalue weighted by Crippen LogP contribution is -2.30. The first-order valence-corrected chi connectivity index (χ1v) is 10.2. The van der Waals surface area contributed by atoms with E-state index in [1.165, 1.54) is 11.4 Å². The van der Waals surface area contributed by atoms with Crippen LogP contribution in [0.1, 0.15) is 11.9 Å². The van der Waals surface area contributed by atoms with Crippen molar-refractivity contribution in [2.75, 3.05) is 22.9 Å². The highest BCUT2D eigenvalue weighted by Gasteiger charge is 2.35. The number of para-hydroxylation sites is 2. The molecule has 0 aliphatic carbocycles. The van der Waals surface area contributed by atoms with Crippen molar-refractivity contribution >= 4 is 23.0 Å². The molecule has 1 saturated heterocycles. The Labute approximate surface area is 175 Å². The smallest absolute Gasteiger partial charge is 0.162 e. The van der Waals surface area contributed by atoms with Gasteiger partial charge in [0.15, 0.2) is 6.17 Å². The second kappa shape index (κ2) is 7.69. The maximum absolute atomic E-state index is 6.37. The maximum Gasteiger partial charge on any atom is 0.162 e. The average Bonchev–Trinajstić information content (AvgIpc) is 3.42. The van der Waals surface area contributed by atoms with Crippen LogP contribution in [-0.4, -0.2) is 13.1 Å². The van der Waals surface area contributed by atoms with Crippen molar-refractivity contribution in [3.8, 4) is 11.3 Å². The van der Waals surface area contributed by atoms with Crippen LogP contribution >= 0.6 is 11.6 Å². The molecule has 1 aliphatic rings. The van der Waals surface area contributed by atoms with Crippen LogP contribution in [0, 0.1) is 0 Å². The van der Waals surface area contributed by atoms with Gasteiger partial charge in [0.2, 0.25) is 0 Å². The molecule has 0 saturated carbocycles. The summed E-state index contributed by atoms with van der Waals surface area (Å²) in [6.45, 7) is 1.85. The molecule has 4 heteroatoms. The molecular formula is C25H21ClN2O. The largest absolute Gasteiger partial charge is 0.457 e. The fourth-order valence-electron chi connectivity index (χ4n) is 4.00. The zero-order valence-corrected chi connectivity index (χ0v) is 16.7. The number of rotatable bonds is 4. The molecule has 1 aliphatic heterocycles. The van der Waals surface area contributed by atoms with E-state index in [4.69, 9.17) is 16.0 Å². The molecule has 29 heavy (non-hydrogen) atoms. The molecule has 5 rings (SSSR count). The Balaban J connectivity index is 1.56. The maximum atomic E-state index is 6.37. The van der Waals surface area contributed by atoms with E-state index in [0.717, 1.165) is 30.2 Å². The second-order valence-corrected chi connectivity index (χ2v) is 7.58. The topological polar surface area (TPSA) is 19.6 Å². The van der Waals surface area contributed by atoms with Gasteiger partial charge in [0, 0.05) is 35.1 Å². The molecule has 3 nitrogen and oxygen atoms in total. The third-order valence-electron chi connectivity index (χ3n) is 5.34. The first-order chi connectivity index (χ1) is 14.3. The molecular weight excluding hydrogens is 380 g/mol. The minimum atomic E-state index is -0.00673. The van der Waals surface area contributed by atoms with Gasteiger partial charge in [-0.05, 0) is 48.5 Å². The Hall–Kier alpha value is -3.17. The summed E-state index contributed by atoms with van der Waals surface area (Å²) in [7, 11) is 0. The lowest BCUT2D eigenvalue weighted by Gasteiger charge is -2.31. The van der Waals surface area contributed by atoms with E-state index in [0.29, 0.717) is 5.02 Å². The standard InChI is InChI=1S/C25H21ClN2O/c26-20-9-7-8-19(18-20)23-14-15-24(29-23)25-27(21-10-3-1-4-11-21)16-17-28(25)22-12-5-2-6-13-22/h1-15,18,25H,16-17H2. The van der Waals surface area contributed by atoms with Crippen LogP contribution in [0.15, 0.2) is 101 Å². The molecule has 0 unspecified atom stereocenters. The number of halogens is 1. The van der Waals surface area contributed by atoms with Gasteiger partial charge in [0.1, 0.15) is 11.5 Å². The molecule has 144 valence electrons. The van der Waals surface area contributed by atoms with Crippen molar-refractivity contribution in [3.05, 3.63) is 108 Å². The summed E-state index contributed by atoms with van der Waals surface area (Å²) in [5.74, 6) is 1.75. The Morgan fingerprint density at radius 3 is 1.90 bits per heavy atom. The summed E-state index contributed by atoms with van der Waals surface area (Å²) in [5.41, 5.74) is 3.37. The van der Waals surface area contributed by atoms with Crippen molar-refractivity contribution in [2.45, 2.75) is 6.17 Å². The number of benzene rings is 3. The highest BCUT2D eigenvalue weighted by Crippen LogP contribution is 2.39. The molecule has 0 amide bonds. The molecule has 1 aromatic heterocycles. The predicted molar refractivity (Wildman–Crippen MR) is 119 cm³/mol. The van der Waals surface area contributed by atoms with Crippen molar-refractivity contribution in [3.63, 3.8) is 0 Å². The average molecular weight is 401 g/mol. The van der Waals surface area contributed by atoms with Gasteiger partial charge in [-0.1, -0.05) is 60.1 Å². The van der Waals surface area contributed by atoms with Crippen LogP contribution in [0.2, 0.25) is 5.02 Å². The summed E-state index contributed by atoms with van der Waals surface area (Å²) in [5, 5.41) is 0.707. The van der Waals surface area contributed by atoms with Crippen LogP contribution in [-0.2, 0) is 0 Å². The first-order valence-electron chi connectivity index (χ1n) is 9.79. The summed E-state index contributed by atoms with van der Waals surface area (Å²) < 4.78 is 6.37. The van der Waals surface area contributed by atoms with E-state index >= 15 is 0 Å². The Bertz CT molecular complexity index is 1050. The van der Waals surface area contributed by atoms with Crippen LogP contribution in [0.25, 0.3) is 11.3 Å². The third kappa shape index (κ3) is 3.50. The Kier molecular flexibility index (Phi) is 4.74. The third-order valence-corrected chi connectivity index (χ3v) is 5.57. The first kappa shape index (κ1) is 17.9. The molecule has 0 atom stereocenters. The number of anilines is 2. The minimum Gasteiger partial charge on any atom is -0.457 e. The molecule has 4 aromatic rings. The SMILES string of the molecule is Clc1cccc(-c2ccc(C3N(c4ccccc4)CCN3c3ccccc3)o2)c1. The van der Waals surface area contributed by atoms with Crippen LogP contribution in [0.3, 0.4) is 0 Å². The van der Waals surface area contributed by atoms with Crippen molar-refractivity contribution in [1.82, 2.24) is 0 Å². The number of hydrogen-bond acceptors (Lipinski definition) is 3. The predicted octanol–water partition coefficient (Wildman–Crippen LogP) is 6.63. The summed E-state index contributed by atoms with van der Waals surface area (Å²) in [6, 6.07) is 32.9. The van der Waals surface area contributed by atoms with Crippen molar-refractivity contribution in [2.24, 2.45) is 0 Å². The van der Waals surface area contributed by atoms with Gasteiger partial charge in [-0.2, -0.15) is 0 Å². The summed E-state index contributed by atoms with van der Waals surface area (Å²) in [4.78, 5) is 4.79. The number of nitrogens with zero attached hydrogens (tertiary/aromatic N) is 2. The summed E-state index contributed by atoms with van der Waals surface area (Å²) in [6.07, 6.45) is -0.00673. The van der Waals surface area contributed by atoms with Gasteiger partial charge in [-0.3, -0.25) is 0 Å². The van der Waals surface area contributed by atoms with Gasteiger partial charge in [-0.25, -0.2) is 0 Å². The van der Waals surface area contributed by atoms with Crippen LogP contribution in [0.4, 0.5) is 11.4 Å². The lowest BCUT2D eigenvalue weighted by molar-refractivity contribution is 0.476. The van der Waals surface area contributed by atoms with Gasteiger partial charge in [0.25, 0.3) is 0 Å². The second-order valence-electron chi connectivity index (χ2n) is 7.14. The van der Waals surface area contributed by atoms with Crippen molar-refractivity contribution in [1.29, 1.82) is 0 Å². The Morgan fingerprint density at radius 1 is 0.690 bits per heavy atom. The van der Waals surface area contributed by atoms with Gasteiger partial charge in [0.05, 0.1) is 0 Å². The zero-order chi connectivity index (χ0) is 19.6. The molecule has 1 fully saturated rings. The minimum absolute atomic E-state index is 0.00673. The Morgan fingerprint density at radius 2 is 1.31 bits per heavy atom. The zero-order valence-electron chi connectivity index (χ0n) is 15.9.